The van der Waals surface area contributed by atoms with Crippen molar-refractivity contribution in [3.63, 3.8) is 0 Å². The van der Waals surface area contributed by atoms with Gasteiger partial charge in [0, 0.05) is 40.8 Å². The number of aromatic amines is 1. The van der Waals surface area contributed by atoms with Crippen molar-refractivity contribution in [2.75, 3.05) is 18.6 Å². The van der Waals surface area contributed by atoms with Crippen LogP contribution in [0.1, 0.15) is 69.3 Å². The third kappa shape index (κ3) is 7.78. The predicted octanol–water partition coefficient (Wildman–Crippen LogP) is 8.64. The number of halogens is 2. The van der Waals surface area contributed by atoms with Gasteiger partial charge in [0.05, 0.1) is 16.2 Å². The molecule has 2 aromatic carbocycles. The van der Waals surface area contributed by atoms with Crippen LogP contribution in [0.5, 0.6) is 0 Å². The van der Waals surface area contributed by atoms with E-state index >= 15 is 8.78 Å². The molecular formula is C37H43F2N5O2S2. The number of fused-ring (bicyclic) bond motifs is 5. The maximum Gasteiger partial charge on any atom is 0.306 e. The van der Waals surface area contributed by atoms with Crippen LogP contribution in [0.15, 0.2) is 69.6 Å². The third-order valence-corrected chi connectivity index (χ3v) is 11.8. The lowest BCUT2D eigenvalue weighted by Crippen LogP contribution is -2.35. The third-order valence-electron chi connectivity index (χ3n) is 9.18. The first-order valence-electron chi connectivity index (χ1n) is 16.2. The SMILES string of the molecule is CN/C1=N\C(=N)[C@@](C)(c2cccc(CC(C)C(=O)O)c2F)CCCC(C)(C)CSCCc2c(c(F)cc3[nH]ccc23)Sc2ccnc1c2. The molecule has 1 aliphatic heterocycles. The molecule has 0 aliphatic carbocycles. The largest absolute Gasteiger partial charge is 0.481 e. The fraction of sp³-hybridized carbons (Fsp3) is 0.405. The summed E-state index contributed by atoms with van der Waals surface area (Å²) in [6, 6.07) is 12.2. The Morgan fingerprint density at radius 3 is 2.71 bits per heavy atom. The lowest BCUT2D eigenvalue weighted by molar-refractivity contribution is -0.141. The van der Waals surface area contributed by atoms with Crippen molar-refractivity contribution in [2.45, 2.75) is 75.0 Å². The number of nitrogens with zero attached hydrogens (tertiary/aromatic N) is 2. The lowest BCUT2D eigenvalue weighted by Gasteiger charge is -2.32. The molecule has 7 nitrogen and oxygen atoms in total. The second kappa shape index (κ2) is 14.8. The van der Waals surface area contributed by atoms with E-state index in [1.807, 2.05) is 43.1 Å². The van der Waals surface area contributed by atoms with Crippen LogP contribution < -0.4 is 5.32 Å². The summed E-state index contributed by atoms with van der Waals surface area (Å²) < 4.78 is 32.0. The molecule has 1 aliphatic rings. The molecule has 0 radical (unpaired) electrons. The second-order valence-corrected chi connectivity index (χ2v) is 15.7. The summed E-state index contributed by atoms with van der Waals surface area (Å²) in [5, 5.41) is 22.9. The Morgan fingerprint density at radius 1 is 1.17 bits per heavy atom. The number of amidine groups is 2. The van der Waals surface area contributed by atoms with Gasteiger partial charge in [-0.25, -0.2) is 13.8 Å². The summed E-state index contributed by atoms with van der Waals surface area (Å²) >= 11 is 3.19. The number of benzene rings is 2. The molecule has 0 fully saturated rings. The molecule has 1 unspecified atom stereocenters. The smallest absolute Gasteiger partial charge is 0.306 e. The van der Waals surface area contributed by atoms with Gasteiger partial charge in [-0.15, -0.1) is 0 Å². The number of aliphatic carboxylic acids is 1. The molecule has 2 bridgehead atoms. The fourth-order valence-electron chi connectivity index (χ4n) is 6.26. The van der Waals surface area contributed by atoms with Crippen molar-refractivity contribution < 1.29 is 18.7 Å². The topological polar surface area (TPSA) is 114 Å². The van der Waals surface area contributed by atoms with Crippen LogP contribution >= 0.6 is 23.5 Å². The van der Waals surface area contributed by atoms with E-state index in [0.29, 0.717) is 46.8 Å². The number of carboxylic acid groups (broad SMARTS) is 1. The lowest BCUT2D eigenvalue weighted by atomic mass is 9.74. The van der Waals surface area contributed by atoms with Gasteiger partial charge in [0.1, 0.15) is 23.2 Å². The molecule has 2 aromatic heterocycles. The van der Waals surface area contributed by atoms with E-state index in [4.69, 9.17) is 4.99 Å². The van der Waals surface area contributed by atoms with Crippen LogP contribution in [-0.2, 0) is 23.1 Å². The van der Waals surface area contributed by atoms with E-state index in [1.165, 1.54) is 11.8 Å². The van der Waals surface area contributed by atoms with Gasteiger partial charge in [-0.3, -0.25) is 15.2 Å². The van der Waals surface area contributed by atoms with Crippen LogP contribution in [0.2, 0.25) is 0 Å². The number of aliphatic imine (C=N–C) groups is 1. The van der Waals surface area contributed by atoms with E-state index < -0.39 is 23.1 Å². The number of H-pyrrole nitrogens is 1. The van der Waals surface area contributed by atoms with Gasteiger partial charge in [0.25, 0.3) is 0 Å². The molecule has 0 spiro atoms. The number of thioether (sulfide) groups is 1. The molecule has 48 heavy (non-hydrogen) atoms. The van der Waals surface area contributed by atoms with Gasteiger partial charge in [-0.1, -0.05) is 57.2 Å². The molecule has 4 N–H and O–H groups in total. The van der Waals surface area contributed by atoms with Crippen LogP contribution in [0, 0.1) is 28.4 Å². The standard InChI is InChI=1S/C37H43F2N5O2S2/c1-22(34(45)46)18-23-8-6-9-27(31(23)39)37(4)14-7-13-36(2,3)21-47-17-12-26-25-11-16-42-29(25)20-28(38)32(26)48-24-10-15-43-30(19-24)33(41-5)44-35(37)40/h6,8-11,15-16,19-20,22,42H,7,12-14,17-18,21H2,1-5H3,(H,45,46)(H2,40,41,44)/t22?,37-/m1/s1. The Balaban J connectivity index is 1.60. The number of nitrogens with one attached hydrogen (secondary N) is 3. The molecular weight excluding hydrogens is 649 g/mol. The van der Waals surface area contributed by atoms with Crippen molar-refractivity contribution in [3.05, 3.63) is 88.9 Å². The second-order valence-electron chi connectivity index (χ2n) is 13.5. The zero-order chi connectivity index (χ0) is 34.6. The molecule has 254 valence electrons. The number of hydrogen-bond acceptors (Lipinski definition) is 6. The fourth-order valence-corrected chi connectivity index (χ4v) is 8.47. The van der Waals surface area contributed by atoms with Gasteiger partial charge in [0.15, 0.2) is 5.84 Å². The minimum atomic E-state index is -1.11. The minimum Gasteiger partial charge on any atom is -0.481 e. The normalized spacial score (nSPS) is 21.0. The first kappa shape index (κ1) is 35.6. The average Bonchev–Trinajstić information content (AvgIpc) is 3.51. The summed E-state index contributed by atoms with van der Waals surface area (Å²) in [7, 11) is 1.70. The summed E-state index contributed by atoms with van der Waals surface area (Å²) in [4.78, 5) is 25.4. The molecule has 0 saturated carbocycles. The van der Waals surface area contributed by atoms with E-state index in [0.717, 1.165) is 39.3 Å². The molecule has 0 saturated heterocycles. The Kier molecular flexibility index (Phi) is 11.0. The number of carbonyl (C=O) groups is 1. The Bertz CT molecular complexity index is 1860. The highest BCUT2D eigenvalue weighted by atomic mass is 32.2. The first-order valence-corrected chi connectivity index (χ1v) is 18.2. The van der Waals surface area contributed by atoms with E-state index in [-0.39, 0.29) is 23.5 Å². The van der Waals surface area contributed by atoms with E-state index in [9.17, 15) is 15.3 Å². The van der Waals surface area contributed by atoms with Crippen LogP contribution in [0.4, 0.5) is 8.78 Å². The Hall–Kier alpha value is -3.70. The summed E-state index contributed by atoms with van der Waals surface area (Å²) in [5.41, 5.74) is 1.70. The number of carboxylic acids is 1. The van der Waals surface area contributed by atoms with Crippen LogP contribution in [0.25, 0.3) is 10.9 Å². The number of pyridine rings is 1. The van der Waals surface area contributed by atoms with Crippen molar-refractivity contribution in [3.8, 4) is 0 Å². The Morgan fingerprint density at radius 2 is 1.96 bits per heavy atom. The highest BCUT2D eigenvalue weighted by Gasteiger charge is 2.36. The molecule has 11 heteroatoms. The Labute approximate surface area is 289 Å². The maximum absolute atomic E-state index is 16.3. The number of rotatable bonds is 4. The van der Waals surface area contributed by atoms with Gasteiger partial charge in [0.2, 0.25) is 0 Å². The monoisotopic (exact) mass is 691 g/mol. The highest BCUT2D eigenvalue weighted by Crippen LogP contribution is 2.40. The predicted molar refractivity (Wildman–Crippen MR) is 193 cm³/mol. The highest BCUT2D eigenvalue weighted by molar-refractivity contribution is 7.99. The van der Waals surface area contributed by atoms with Crippen LogP contribution in [-0.4, -0.2) is 51.3 Å². The molecule has 3 heterocycles. The van der Waals surface area contributed by atoms with E-state index in [2.05, 4.69) is 29.1 Å². The van der Waals surface area contributed by atoms with Crippen molar-refractivity contribution in [1.29, 1.82) is 5.41 Å². The first-order chi connectivity index (χ1) is 22.8. The van der Waals surface area contributed by atoms with Gasteiger partial charge in [-0.2, -0.15) is 11.8 Å². The molecule has 5 rings (SSSR count). The number of hydrogen-bond donors (Lipinski definition) is 4. The summed E-state index contributed by atoms with van der Waals surface area (Å²) in [6.45, 7) is 7.85. The zero-order valence-electron chi connectivity index (χ0n) is 28.0. The van der Waals surface area contributed by atoms with Gasteiger partial charge >= 0.3 is 5.97 Å². The van der Waals surface area contributed by atoms with Gasteiger partial charge in [-0.05, 0) is 84.9 Å². The minimum absolute atomic E-state index is 0.0337. The molecule has 0 amide bonds. The van der Waals surface area contributed by atoms with Crippen molar-refractivity contribution in [1.82, 2.24) is 15.3 Å². The maximum atomic E-state index is 16.3. The average molecular weight is 692 g/mol. The molecule has 4 aromatic rings. The summed E-state index contributed by atoms with van der Waals surface area (Å²) in [6.07, 6.45) is 6.27. The van der Waals surface area contributed by atoms with E-state index in [1.54, 1.807) is 44.4 Å². The van der Waals surface area contributed by atoms with Gasteiger partial charge < -0.3 is 15.4 Å². The van der Waals surface area contributed by atoms with Crippen LogP contribution in [0.3, 0.4) is 0 Å². The van der Waals surface area contributed by atoms with Crippen molar-refractivity contribution >= 4 is 52.1 Å². The molecule has 2 atom stereocenters. The zero-order valence-corrected chi connectivity index (χ0v) is 29.7. The summed E-state index contributed by atoms with van der Waals surface area (Å²) in [5.74, 6) is -0.510. The van der Waals surface area contributed by atoms with Crippen molar-refractivity contribution in [2.24, 2.45) is 16.3 Å². The number of aryl methyl sites for hydroxylation is 1. The quantitative estimate of drug-likeness (QED) is 0.170. The number of aromatic nitrogens is 2.